The molecule has 28 heavy (non-hydrogen) atoms. The van der Waals surface area contributed by atoms with Gasteiger partial charge in [0.05, 0.1) is 18.0 Å². The molecular weight excluding hydrogens is 376 g/mol. The summed E-state index contributed by atoms with van der Waals surface area (Å²) in [5.41, 5.74) is 1.30. The summed E-state index contributed by atoms with van der Waals surface area (Å²) in [7, 11) is 1.57. The summed E-state index contributed by atoms with van der Waals surface area (Å²) in [6, 6.07) is 14.2. The van der Waals surface area contributed by atoms with E-state index >= 15 is 0 Å². The molecule has 2 fully saturated rings. The highest BCUT2D eigenvalue weighted by molar-refractivity contribution is 8.00. The SMILES string of the molecule is COc1ccc(N2C(=O)C[C@@H](Sc3ccc(NC(=O)C4CC4)cc3)C2=O)cc1. The molecule has 7 heteroatoms. The molecule has 4 rings (SSSR count). The lowest BCUT2D eigenvalue weighted by atomic mass is 10.3. The van der Waals surface area contributed by atoms with Gasteiger partial charge in [-0.3, -0.25) is 14.4 Å². The number of nitrogens with one attached hydrogen (secondary N) is 1. The number of anilines is 2. The number of imide groups is 1. The van der Waals surface area contributed by atoms with Gasteiger partial charge in [-0.05, 0) is 61.4 Å². The Morgan fingerprint density at radius 2 is 1.75 bits per heavy atom. The number of benzene rings is 2. The molecule has 0 spiro atoms. The minimum atomic E-state index is -0.457. The molecule has 0 bridgehead atoms. The Morgan fingerprint density at radius 1 is 1.07 bits per heavy atom. The van der Waals surface area contributed by atoms with Crippen molar-refractivity contribution >= 4 is 40.9 Å². The topological polar surface area (TPSA) is 75.7 Å². The van der Waals surface area contributed by atoms with Crippen molar-refractivity contribution in [3.8, 4) is 5.75 Å². The second-order valence-corrected chi connectivity index (χ2v) is 8.14. The van der Waals surface area contributed by atoms with E-state index in [-0.39, 0.29) is 30.1 Å². The molecule has 0 unspecified atom stereocenters. The average Bonchev–Trinajstić information content (AvgIpc) is 3.51. The van der Waals surface area contributed by atoms with Gasteiger partial charge >= 0.3 is 0 Å². The van der Waals surface area contributed by atoms with Crippen molar-refractivity contribution in [1.82, 2.24) is 0 Å². The lowest BCUT2D eigenvalue weighted by molar-refractivity contribution is -0.121. The summed E-state index contributed by atoms with van der Waals surface area (Å²) < 4.78 is 5.12. The third kappa shape index (κ3) is 3.89. The van der Waals surface area contributed by atoms with E-state index in [4.69, 9.17) is 4.74 Å². The Bertz CT molecular complexity index is 907. The van der Waals surface area contributed by atoms with E-state index in [9.17, 15) is 14.4 Å². The van der Waals surface area contributed by atoms with Crippen LogP contribution in [-0.4, -0.2) is 30.1 Å². The maximum Gasteiger partial charge on any atom is 0.247 e. The van der Waals surface area contributed by atoms with Crippen molar-refractivity contribution < 1.29 is 19.1 Å². The Hall–Kier alpha value is -2.80. The van der Waals surface area contributed by atoms with E-state index in [1.54, 1.807) is 31.4 Å². The molecule has 0 aromatic heterocycles. The zero-order valence-electron chi connectivity index (χ0n) is 15.4. The first-order valence-electron chi connectivity index (χ1n) is 9.13. The van der Waals surface area contributed by atoms with E-state index in [1.807, 2.05) is 24.3 Å². The smallest absolute Gasteiger partial charge is 0.247 e. The molecule has 1 aliphatic carbocycles. The number of hydrogen-bond donors (Lipinski definition) is 1. The van der Waals surface area contributed by atoms with Gasteiger partial charge in [0.15, 0.2) is 0 Å². The molecule has 144 valence electrons. The molecule has 3 amide bonds. The standard InChI is InChI=1S/C21H20N2O4S/c1-27-16-8-6-15(7-9-16)23-19(24)12-18(21(23)26)28-17-10-4-14(5-11-17)22-20(25)13-2-3-13/h4-11,13,18H,2-3,12H2,1H3,(H,22,25)/t18-/m1/s1. The lowest BCUT2D eigenvalue weighted by Crippen LogP contribution is -2.31. The molecule has 1 aliphatic heterocycles. The summed E-state index contributed by atoms with van der Waals surface area (Å²) >= 11 is 1.37. The van der Waals surface area contributed by atoms with Crippen molar-refractivity contribution in [1.29, 1.82) is 0 Å². The third-order valence-electron chi connectivity index (χ3n) is 4.78. The van der Waals surface area contributed by atoms with E-state index in [2.05, 4.69) is 5.32 Å². The highest BCUT2D eigenvalue weighted by Gasteiger charge is 2.40. The van der Waals surface area contributed by atoms with Crippen molar-refractivity contribution in [2.75, 3.05) is 17.3 Å². The van der Waals surface area contributed by atoms with Crippen LogP contribution in [0.5, 0.6) is 5.75 Å². The summed E-state index contributed by atoms with van der Waals surface area (Å²) in [6.45, 7) is 0. The number of nitrogens with zero attached hydrogens (tertiary/aromatic N) is 1. The first-order valence-corrected chi connectivity index (χ1v) is 10.0. The number of amides is 3. The summed E-state index contributed by atoms with van der Waals surface area (Å²) in [5, 5.41) is 2.43. The molecular formula is C21H20N2O4S. The number of carbonyl (C=O) groups is 3. The Labute approximate surface area is 167 Å². The van der Waals surface area contributed by atoms with Gasteiger partial charge in [0.2, 0.25) is 17.7 Å². The van der Waals surface area contributed by atoms with E-state index in [1.165, 1.54) is 16.7 Å². The van der Waals surface area contributed by atoms with Gasteiger partial charge in [-0.15, -0.1) is 11.8 Å². The predicted molar refractivity (Wildman–Crippen MR) is 108 cm³/mol. The number of thioether (sulfide) groups is 1. The van der Waals surface area contributed by atoms with Gasteiger partial charge in [0, 0.05) is 22.9 Å². The molecule has 0 radical (unpaired) electrons. The molecule has 1 N–H and O–H groups in total. The monoisotopic (exact) mass is 396 g/mol. The highest BCUT2D eigenvalue weighted by Crippen LogP contribution is 2.35. The largest absolute Gasteiger partial charge is 0.497 e. The Balaban J connectivity index is 1.41. The minimum Gasteiger partial charge on any atom is -0.497 e. The highest BCUT2D eigenvalue weighted by atomic mass is 32.2. The molecule has 2 aromatic carbocycles. The van der Waals surface area contributed by atoms with Crippen molar-refractivity contribution in [2.45, 2.75) is 29.4 Å². The quantitative estimate of drug-likeness (QED) is 0.757. The van der Waals surface area contributed by atoms with Gasteiger partial charge in [-0.2, -0.15) is 0 Å². The third-order valence-corrected chi connectivity index (χ3v) is 5.98. The van der Waals surface area contributed by atoms with Crippen molar-refractivity contribution in [2.24, 2.45) is 5.92 Å². The number of ether oxygens (including phenoxy) is 1. The summed E-state index contributed by atoms with van der Waals surface area (Å²) in [4.78, 5) is 39.1. The fraction of sp³-hybridized carbons (Fsp3) is 0.286. The average molecular weight is 396 g/mol. The van der Waals surface area contributed by atoms with Gasteiger partial charge in [-0.1, -0.05) is 0 Å². The van der Waals surface area contributed by atoms with Crippen LogP contribution in [0.15, 0.2) is 53.4 Å². The van der Waals surface area contributed by atoms with Crippen LogP contribution in [0.3, 0.4) is 0 Å². The first kappa shape index (κ1) is 18.6. The van der Waals surface area contributed by atoms with Gasteiger partial charge < -0.3 is 10.1 Å². The van der Waals surface area contributed by atoms with E-state index in [0.717, 1.165) is 23.4 Å². The number of methoxy groups -OCH3 is 1. The lowest BCUT2D eigenvalue weighted by Gasteiger charge is -2.15. The van der Waals surface area contributed by atoms with Crippen LogP contribution in [0.25, 0.3) is 0 Å². The maximum atomic E-state index is 12.8. The minimum absolute atomic E-state index is 0.0621. The normalized spacial score (nSPS) is 19.0. The summed E-state index contributed by atoms with van der Waals surface area (Å²) in [6.07, 6.45) is 2.08. The Morgan fingerprint density at radius 3 is 2.36 bits per heavy atom. The molecule has 2 aromatic rings. The maximum absolute atomic E-state index is 12.8. The van der Waals surface area contributed by atoms with Crippen LogP contribution < -0.4 is 15.0 Å². The predicted octanol–water partition coefficient (Wildman–Crippen LogP) is 3.47. The molecule has 2 aliphatic rings. The number of hydrogen-bond acceptors (Lipinski definition) is 5. The first-order chi connectivity index (χ1) is 13.5. The fourth-order valence-corrected chi connectivity index (χ4v) is 4.12. The van der Waals surface area contributed by atoms with Crippen LogP contribution in [0, 0.1) is 5.92 Å². The zero-order valence-corrected chi connectivity index (χ0v) is 16.2. The number of rotatable bonds is 6. The van der Waals surface area contributed by atoms with Gasteiger partial charge in [0.1, 0.15) is 5.75 Å². The van der Waals surface area contributed by atoms with E-state index < -0.39 is 5.25 Å². The van der Waals surface area contributed by atoms with Gasteiger partial charge in [-0.25, -0.2) is 4.90 Å². The fourth-order valence-electron chi connectivity index (χ4n) is 3.07. The second-order valence-electron chi connectivity index (χ2n) is 6.86. The van der Waals surface area contributed by atoms with Crippen LogP contribution in [0.2, 0.25) is 0 Å². The second kappa shape index (κ2) is 7.67. The van der Waals surface area contributed by atoms with Crippen LogP contribution in [-0.2, 0) is 14.4 Å². The van der Waals surface area contributed by atoms with Crippen LogP contribution in [0.4, 0.5) is 11.4 Å². The number of carbonyl (C=O) groups excluding carboxylic acids is 3. The van der Waals surface area contributed by atoms with Crippen LogP contribution >= 0.6 is 11.8 Å². The molecule has 1 saturated carbocycles. The van der Waals surface area contributed by atoms with E-state index in [0.29, 0.717) is 11.4 Å². The molecule has 1 atom stereocenters. The Kier molecular flexibility index (Phi) is 5.09. The van der Waals surface area contributed by atoms with Crippen LogP contribution in [0.1, 0.15) is 19.3 Å². The molecule has 1 heterocycles. The zero-order chi connectivity index (χ0) is 19.7. The molecule has 6 nitrogen and oxygen atoms in total. The van der Waals surface area contributed by atoms with Crippen molar-refractivity contribution in [3.05, 3.63) is 48.5 Å². The van der Waals surface area contributed by atoms with Gasteiger partial charge in [0.25, 0.3) is 0 Å². The summed E-state index contributed by atoms with van der Waals surface area (Å²) in [5.74, 6) is 0.460. The molecule has 1 saturated heterocycles. The van der Waals surface area contributed by atoms with Crippen molar-refractivity contribution in [3.63, 3.8) is 0 Å².